The van der Waals surface area contributed by atoms with Crippen LogP contribution in [0.2, 0.25) is 0 Å². The van der Waals surface area contributed by atoms with Crippen molar-refractivity contribution in [3.63, 3.8) is 0 Å². The molecule has 0 bridgehead atoms. The number of aromatic nitrogens is 5. The quantitative estimate of drug-likeness (QED) is 0.178. The number of carbonyl (C=O) groups excluding carboxylic acids is 1. The predicted molar refractivity (Wildman–Crippen MR) is 178 cm³/mol. The topological polar surface area (TPSA) is 140 Å². The first-order chi connectivity index (χ1) is 23.6. The summed E-state index contributed by atoms with van der Waals surface area (Å²) in [6.07, 6.45) is 2.02. The number of aliphatic hydroxyl groups is 1. The van der Waals surface area contributed by atoms with Crippen LogP contribution in [0.25, 0.3) is 11.0 Å². The molecule has 0 aliphatic heterocycles. The molecule has 15 heteroatoms. The van der Waals surface area contributed by atoms with E-state index in [1.54, 1.807) is 39.0 Å². The first-order valence-electron chi connectivity index (χ1n) is 16.0. The Morgan fingerprint density at radius 1 is 0.980 bits per heavy atom. The lowest BCUT2D eigenvalue weighted by atomic mass is 9.96. The Bertz CT molecular complexity index is 2090. The molecule has 1 atom stereocenters. The number of rotatable bonds is 8. The van der Waals surface area contributed by atoms with Crippen molar-refractivity contribution in [3.8, 4) is 0 Å². The zero-order valence-corrected chi connectivity index (χ0v) is 28.3. The summed E-state index contributed by atoms with van der Waals surface area (Å²) in [6.45, 7) is 4.82. The smallest absolute Gasteiger partial charge is 0.433 e. The maximum absolute atomic E-state index is 13.9. The minimum Gasteiger partial charge on any atom is -0.443 e. The summed E-state index contributed by atoms with van der Waals surface area (Å²) in [5.74, 6) is 0.156. The van der Waals surface area contributed by atoms with Crippen molar-refractivity contribution in [3.05, 3.63) is 108 Å². The van der Waals surface area contributed by atoms with Crippen molar-refractivity contribution in [2.45, 2.75) is 81.7 Å². The Morgan fingerprint density at radius 3 is 2.30 bits per heavy atom. The van der Waals surface area contributed by atoms with Crippen LogP contribution in [0.4, 0.5) is 23.8 Å². The number of amides is 1. The molecule has 1 fully saturated rings. The van der Waals surface area contributed by atoms with Gasteiger partial charge in [-0.2, -0.15) is 13.2 Å². The summed E-state index contributed by atoms with van der Waals surface area (Å²) in [5, 5.41) is 12.3. The number of fused-ring (bicyclic) bond motifs is 1. The van der Waals surface area contributed by atoms with Gasteiger partial charge >= 0.3 is 12.3 Å². The normalized spacial score (nSPS) is 14.9. The van der Waals surface area contributed by atoms with E-state index in [0.29, 0.717) is 16.6 Å². The Morgan fingerprint density at radius 2 is 1.70 bits per heavy atom. The molecule has 4 heterocycles. The first-order valence-corrected chi connectivity index (χ1v) is 17.4. The lowest BCUT2D eigenvalue weighted by Gasteiger charge is -2.27. The van der Waals surface area contributed by atoms with Gasteiger partial charge in [0.2, 0.25) is 0 Å². The van der Waals surface area contributed by atoms with E-state index >= 15 is 0 Å². The minimum atomic E-state index is -4.62. The van der Waals surface area contributed by atoms with Crippen LogP contribution in [-0.2, 0) is 27.5 Å². The van der Waals surface area contributed by atoms with Crippen LogP contribution in [0.15, 0.2) is 84.4 Å². The number of carbonyl (C=O) groups is 1. The van der Waals surface area contributed by atoms with Crippen LogP contribution in [-0.4, -0.2) is 49.1 Å². The Balaban J connectivity index is 1.39. The van der Waals surface area contributed by atoms with Crippen molar-refractivity contribution in [1.29, 1.82) is 0 Å². The third-order valence-electron chi connectivity index (χ3n) is 8.38. The second-order valence-corrected chi connectivity index (χ2v) is 14.9. The fraction of sp³-hybridized carbons (Fsp3) is 0.343. The molecule has 1 N–H and O–H groups in total. The van der Waals surface area contributed by atoms with Gasteiger partial charge in [0.1, 0.15) is 29.5 Å². The molecule has 1 amide bonds. The van der Waals surface area contributed by atoms with E-state index in [4.69, 9.17) is 4.74 Å². The van der Waals surface area contributed by atoms with Gasteiger partial charge in [-0.25, -0.2) is 32.1 Å². The van der Waals surface area contributed by atoms with Crippen LogP contribution in [0, 0.1) is 0 Å². The summed E-state index contributed by atoms with van der Waals surface area (Å²) >= 11 is 0. The van der Waals surface area contributed by atoms with Gasteiger partial charge in [0, 0.05) is 41.0 Å². The number of anilines is 1. The molecule has 5 aromatic rings. The first kappa shape index (κ1) is 35.0. The molecule has 50 heavy (non-hydrogen) atoms. The van der Waals surface area contributed by atoms with Crippen molar-refractivity contribution in [1.82, 2.24) is 23.9 Å². The highest BCUT2D eigenvalue weighted by molar-refractivity contribution is 7.90. The molecule has 11 nitrogen and oxygen atoms in total. The van der Waals surface area contributed by atoms with Crippen LogP contribution in [0.5, 0.6) is 0 Å². The van der Waals surface area contributed by atoms with Gasteiger partial charge in [-0.1, -0.05) is 43.2 Å². The zero-order valence-electron chi connectivity index (χ0n) is 27.5. The summed E-state index contributed by atoms with van der Waals surface area (Å²) in [7, 11) is -4.11. The van der Waals surface area contributed by atoms with Gasteiger partial charge in [-0.15, -0.1) is 0 Å². The predicted octanol–water partition coefficient (Wildman–Crippen LogP) is 7.16. The number of nitrogens with zero attached hydrogens (tertiary/aromatic N) is 6. The van der Waals surface area contributed by atoms with Gasteiger partial charge in [-0.05, 0) is 63.4 Å². The summed E-state index contributed by atoms with van der Waals surface area (Å²) in [6, 6.07) is 13.0. The molecule has 1 aromatic carbocycles. The van der Waals surface area contributed by atoms with E-state index in [-0.39, 0.29) is 40.0 Å². The molecule has 0 saturated heterocycles. The van der Waals surface area contributed by atoms with Gasteiger partial charge in [0.05, 0.1) is 17.1 Å². The van der Waals surface area contributed by atoms with Crippen molar-refractivity contribution >= 4 is 33.0 Å². The third kappa shape index (κ3) is 7.19. The van der Waals surface area contributed by atoms with E-state index in [9.17, 15) is 31.5 Å². The minimum absolute atomic E-state index is 0.0514. The van der Waals surface area contributed by atoms with Crippen molar-refractivity contribution in [2.24, 2.45) is 0 Å². The molecule has 1 aliphatic rings. The molecule has 1 unspecified atom stereocenters. The number of hydrogen-bond acceptors (Lipinski definition) is 9. The van der Waals surface area contributed by atoms with E-state index in [2.05, 4.69) is 19.9 Å². The monoisotopic (exact) mass is 708 g/mol. The summed E-state index contributed by atoms with van der Waals surface area (Å²) in [5.41, 5.74) is -0.303. The average Bonchev–Trinajstić information content (AvgIpc) is 3.76. The van der Waals surface area contributed by atoms with Gasteiger partial charge < -0.3 is 9.84 Å². The summed E-state index contributed by atoms with van der Waals surface area (Å²) < 4.78 is 73.6. The van der Waals surface area contributed by atoms with Crippen LogP contribution in [0.1, 0.15) is 86.6 Å². The van der Waals surface area contributed by atoms with Crippen LogP contribution >= 0.6 is 0 Å². The van der Waals surface area contributed by atoms with Gasteiger partial charge in [0.25, 0.3) is 10.0 Å². The number of alkyl halides is 3. The largest absolute Gasteiger partial charge is 0.443 e. The Hall–Kier alpha value is -4.89. The number of halogens is 3. The Labute approximate surface area is 286 Å². The number of benzene rings is 1. The molecule has 262 valence electrons. The Kier molecular flexibility index (Phi) is 9.39. The lowest BCUT2D eigenvalue weighted by molar-refractivity contribution is -0.141. The van der Waals surface area contributed by atoms with Gasteiger partial charge in [-0.3, -0.25) is 9.88 Å². The molecular formula is C35H35F3N6O5S. The maximum Gasteiger partial charge on any atom is 0.433 e. The average molecular weight is 709 g/mol. The number of aliphatic hydroxyl groups excluding tert-OH is 1. The highest BCUT2D eigenvalue weighted by atomic mass is 32.2. The molecule has 1 aliphatic carbocycles. The number of ether oxygens (including phenoxy) is 1. The van der Waals surface area contributed by atoms with Crippen LogP contribution < -0.4 is 4.90 Å². The van der Waals surface area contributed by atoms with E-state index in [1.807, 2.05) is 0 Å². The molecule has 4 aromatic heterocycles. The van der Waals surface area contributed by atoms with E-state index in [1.165, 1.54) is 49.1 Å². The standard InChI is InChI=1S/C35H35F3N6O5S/c1-34(2,3)49-33(46)43(19-22-13-15-27(39-17-22)35(36,37)38)28-16-14-24(18-40-28)31(45)26-20-44(50(47,48)25-11-5-4-6-12-25)32-29(26)30(41-21-42-32)23-9-7-8-10-23/h4-6,11-18,20-21,23,31,45H,7-10,19H2,1-3H3. The number of pyridine rings is 2. The fourth-order valence-electron chi connectivity index (χ4n) is 6.01. The van der Waals surface area contributed by atoms with E-state index in [0.717, 1.165) is 46.8 Å². The summed E-state index contributed by atoms with van der Waals surface area (Å²) in [4.78, 5) is 31.3. The highest BCUT2D eigenvalue weighted by Crippen LogP contribution is 2.41. The second kappa shape index (κ2) is 13.4. The van der Waals surface area contributed by atoms with Crippen molar-refractivity contribution in [2.75, 3.05) is 4.90 Å². The molecule has 1 saturated carbocycles. The highest BCUT2D eigenvalue weighted by Gasteiger charge is 2.33. The second-order valence-electron chi connectivity index (χ2n) is 13.1. The maximum atomic E-state index is 13.9. The van der Waals surface area contributed by atoms with E-state index < -0.39 is 39.7 Å². The molecule has 0 spiro atoms. The SMILES string of the molecule is CC(C)(C)OC(=O)N(Cc1ccc(C(F)(F)F)nc1)c1ccc(C(O)c2cn(S(=O)(=O)c3ccccc3)c3ncnc(C4CCCC4)c23)cn1. The molecular weight excluding hydrogens is 673 g/mol. The van der Waals surface area contributed by atoms with Crippen LogP contribution in [0.3, 0.4) is 0 Å². The fourth-order valence-corrected chi connectivity index (χ4v) is 7.36. The molecule has 0 radical (unpaired) electrons. The third-order valence-corrected chi connectivity index (χ3v) is 10.0. The zero-order chi connectivity index (χ0) is 35.8. The lowest BCUT2D eigenvalue weighted by Crippen LogP contribution is -2.37. The van der Waals surface area contributed by atoms with Crippen molar-refractivity contribution < 1.29 is 36.2 Å². The number of hydrogen-bond donors (Lipinski definition) is 1. The van der Waals surface area contributed by atoms with Gasteiger partial charge in [0.15, 0.2) is 5.65 Å². The molecule has 6 rings (SSSR count).